The molecule has 0 aliphatic heterocycles. The molecule has 0 fully saturated rings. The van der Waals surface area contributed by atoms with Crippen molar-refractivity contribution >= 4 is 5.91 Å². The number of halogens is 1. The number of rotatable bonds is 8. The van der Waals surface area contributed by atoms with Crippen LogP contribution >= 0.6 is 0 Å². The molecule has 0 saturated heterocycles. The molecule has 2 aromatic carbocycles. The molecule has 2 N–H and O–H groups in total. The van der Waals surface area contributed by atoms with Crippen LogP contribution < -0.4 is 10.8 Å². The average Bonchev–Trinajstić information content (AvgIpc) is 2.72. The van der Waals surface area contributed by atoms with Crippen molar-refractivity contribution in [2.45, 2.75) is 47.0 Å². The minimum Gasteiger partial charge on any atom is -0.368 e. The molecule has 5 heteroatoms. The number of hydrogen-bond donors (Lipinski definition) is 2. The highest BCUT2D eigenvalue weighted by molar-refractivity contribution is 5.94. The summed E-state index contributed by atoms with van der Waals surface area (Å²) in [6.07, 6.45) is 4.91. The first-order valence-corrected chi connectivity index (χ1v) is 10.1. The summed E-state index contributed by atoms with van der Waals surface area (Å²) in [5, 5.41) is 3.26. The molecule has 30 heavy (non-hydrogen) atoms. The fourth-order valence-corrected chi connectivity index (χ4v) is 3.32. The van der Waals surface area contributed by atoms with Crippen LogP contribution in [0.3, 0.4) is 0 Å². The van der Waals surface area contributed by atoms with Gasteiger partial charge in [0.05, 0.1) is 12.7 Å². The van der Waals surface area contributed by atoms with E-state index in [-0.39, 0.29) is 11.5 Å². The molecule has 0 aliphatic rings. The Balaban J connectivity index is 2.59. The molecule has 0 radical (unpaired) electrons. The van der Waals surface area contributed by atoms with Crippen molar-refractivity contribution < 1.29 is 14.0 Å². The molecule has 160 valence electrons. The molecule has 2 aromatic rings. The summed E-state index contributed by atoms with van der Waals surface area (Å²) in [6.45, 7) is 10.4. The van der Waals surface area contributed by atoms with Crippen LogP contribution in [0.1, 0.15) is 65.7 Å². The first-order chi connectivity index (χ1) is 14.3. The Hall–Kier alpha value is -2.92. The van der Waals surface area contributed by atoms with E-state index in [2.05, 4.69) is 55.5 Å². The topological polar surface area (TPSA) is 50.4 Å². The first kappa shape index (κ1) is 23.4. The first-order valence-electron chi connectivity index (χ1n) is 10.1. The van der Waals surface area contributed by atoms with Gasteiger partial charge in [0.2, 0.25) is 0 Å². The Kier molecular flexibility index (Phi) is 8.36. The van der Waals surface area contributed by atoms with E-state index in [1.54, 1.807) is 12.1 Å². The van der Waals surface area contributed by atoms with E-state index in [0.29, 0.717) is 0 Å². The summed E-state index contributed by atoms with van der Waals surface area (Å²) in [4.78, 5) is 16.9. The number of carbonyl (C=O) groups is 1. The number of allylic oxidation sites excluding steroid dienone is 2. The summed E-state index contributed by atoms with van der Waals surface area (Å²) in [6, 6.07) is 10.8. The third kappa shape index (κ3) is 5.57. The van der Waals surface area contributed by atoms with Gasteiger partial charge >= 0.3 is 0 Å². The van der Waals surface area contributed by atoms with Crippen LogP contribution in [-0.2, 0) is 4.84 Å². The van der Waals surface area contributed by atoms with Gasteiger partial charge in [-0.15, -0.1) is 0 Å². The van der Waals surface area contributed by atoms with Gasteiger partial charge in [-0.2, -0.15) is 0 Å². The summed E-state index contributed by atoms with van der Waals surface area (Å²) in [7, 11) is 1.32. The van der Waals surface area contributed by atoms with Crippen molar-refractivity contribution in [3.05, 3.63) is 93.6 Å². The summed E-state index contributed by atoms with van der Waals surface area (Å²) in [5.41, 5.74) is 8.73. The van der Waals surface area contributed by atoms with Crippen molar-refractivity contribution in [2.75, 3.05) is 7.11 Å². The summed E-state index contributed by atoms with van der Waals surface area (Å²) < 4.78 is 14.3. The van der Waals surface area contributed by atoms with Gasteiger partial charge in [-0.1, -0.05) is 36.8 Å². The zero-order valence-electron chi connectivity index (χ0n) is 18.6. The average molecular weight is 411 g/mol. The van der Waals surface area contributed by atoms with Gasteiger partial charge in [0.1, 0.15) is 5.82 Å². The van der Waals surface area contributed by atoms with E-state index in [9.17, 15) is 9.18 Å². The number of nitrogens with one attached hydrogen (secondary N) is 2. The molecule has 0 heterocycles. The minimum absolute atomic E-state index is 0.0489. The van der Waals surface area contributed by atoms with Gasteiger partial charge < -0.3 is 5.32 Å². The number of hydrogen-bond acceptors (Lipinski definition) is 3. The Morgan fingerprint density at radius 1 is 1.17 bits per heavy atom. The number of hydroxylamine groups is 1. The second-order valence-electron chi connectivity index (χ2n) is 7.50. The Morgan fingerprint density at radius 2 is 1.90 bits per heavy atom. The van der Waals surface area contributed by atoms with E-state index < -0.39 is 11.7 Å². The standard InChI is InChI=1S/C25H31FN2O2/c1-7-16(2)14-27-15-18(4)24(21-10-8-9-17(3)19(21)5)20-11-12-23(26)22(13-20)25(29)28-30-6/h8-15,24,27H,7H2,1-6H3,(H,28,29)/b16-14+,18-15+. The number of carbonyl (C=O) groups excluding carboxylic acids is 1. The fraction of sp³-hybridized carbons (Fsp3) is 0.320. The van der Waals surface area contributed by atoms with Crippen LogP contribution in [0, 0.1) is 19.7 Å². The van der Waals surface area contributed by atoms with Gasteiger partial charge in [-0.3, -0.25) is 9.63 Å². The maximum Gasteiger partial charge on any atom is 0.277 e. The predicted octanol–water partition coefficient (Wildman–Crippen LogP) is 5.67. The van der Waals surface area contributed by atoms with E-state index in [1.165, 1.54) is 29.9 Å². The quantitative estimate of drug-likeness (QED) is 0.551. The number of amides is 1. The lowest BCUT2D eigenvalue weighted by atomic mass is 9.82. The largest absolute Gasteiger partial charge is 0.368 e. The van der Waals surface area contributed by atoms with Crippen molar-refractivity contribution in [2.24, 2.45) is 0 Å². The van der Waals surface area contributed by atoms with Gasteiger partial charge in [0.15, 0.2) is 0 Å². The maximum absolute atomic E-state index is 14.3. The van der Waals surface area contributed by atoms with Crippen LogP contribution in [0.15, 0.2) is 59.9 Å². The lowest BCUT2D eigenvalue weighted by Gasteiger charge is -2.23. The van der Waals surface area contributed by atoms with Crippen LogP contribution in [0.5, 0.6) is 0 Å². The molecule has 0 aromatic heterocycles. The number of aryl methyl sites for hydroxylation is 1. The number of benzene rings is 2. The fourth-order valence-electron chi connectivity index (χ4n) is 3.32. The Labute approximate surface area is 178 Å². The zero-order chi connectivity index (χ0) is 22.3. The van der Waals surface area contributed by atoms with Crippen molar-refractivity contribution in [1.82, 2.24) is 10.8 Å². The van der Waals surface area contributed by atoms with Crippen LogP contribution in [-0.4, -0.2) is 13.0 Å². The highest BCUT2D eigenvalue weighted by Crippen LogP contribution is 2.35. The third-order valence-electron chi connectivity index (χ3n) is 5.37. The van der Waals surface area contributed by atoms with Crippen molar-refractivity contribution in [3.63, 3.8) is 0 Å². The monoisotopic (exact) mass is 410 g/mol. The molecule has 2 rings (SSSR count). The lowest BCUT2D eigenvalue weighted by molar-refractivity contribution is 0.0533. The highest BCUT2D eigenvalue weighted by atomic mass is 19.1. The van der Waals surface area contributed by atoms with E-state index in [1.807, 2.05) is 25.4 Å². The van der Waals surface area contributed by atoms with Gasteiger partial charge in [-0.25, -0.2) is 9.87 Å². The molecule has 1 unspecified atom stereocenters. The van der Waals surface area contributed by atoms with E-state index >= 15 is 0 Å². The maximum atomic E-state index is 14.3. The summed E-state index contributed by atoms with van der Waals surface area (Å²) in [5.74, 6) is -1.34. The Morgan fingerprint density at radius 3 is 2.57 bits per heavy atom. The molecule has 1 amide bonds. The zero-order valence-corrected chi connectivity index (χ0v) is 18.6. The normalized spacial score (nSPS) is 13.2. The molecule has 0 saturated carbocycles. The van der Waals surface area contributed by atoms with Gasteiger partial charge in [0, 0.05) is 12.1 Å². The lowest BCUT2D eigenvalue weighted by Crippen LogP contribution is -2.23. The van der Waals surface area contributed by atoms with Crippen LogP contribution in [0.2, 0.25) is 0 Å². The molecule has 0 bridgehead atoms. The second-order valence-corrected chi connectivity index (χ2v) is 7.50. The van der Waals surface area contributed by atoms with Crippen molar-refractivity contribution in [3.8, 4) is 0 Å². The summed E-state index contributed by atoms with van der Waals surface area (Å²) >= 11 is 0. The molecule has 0 aliphatic carbocycles. The molecule has 4 nitrogen and oxygen atoms in total. The second kappa shape index (κ2) is 10.7. The minimum atomic E-state index is -0.613. The molecular formula is C25H31FN2O2. The van der Waals surface area contributed by atoms with Gasteiger partial charge in [-0.05, 0) is 80.3 Å². The molecule has 1 atom stereocenters. The SMILES string of the molecule is CC/C(C)=C/N/C=C(\C)C(c1ccc(F)c(C(=O)NOC)c1)c1cccc(C)c1C. The van der Waals surface area contributed by atoms with E-state index in [4.69, 9.17) is 0 Å². The Bertz CT molecular complexity index is 964. The molecule has 0 spiro atoms. The van der Waals surface area contributed by atoms with Gasteiger partial charge in [0.25, 0.3) is 5.91 Å². The van der Waals surface area contributed by atoms with Crippen LogP contribution in [0.4, 0.5) is 4.39 Å². The van der Waals surface area contributed by atoms with E-state index in [0.717, 1.165) is 23.1 Å². The highest BCUT2D eigenvalue weighted by Gasteiger charge is 2.22. The predicted molar refractivity (Wildman–Crippen MR) is 120 cm³/mol. The van der Waals surface area contributed by atoms with Crippen molar-refractivity contribution in [1.29, 1.82) is 0 Å². The third-order valence-corrected chi connectivity index (χ3v) is 5.37. The van der Waals surface area contributed by atoms with Crippen LogP contribution in [0.25, 0.3) is 0 Å². The molecular weight excluding hydrogens is 379 g/mol. The smallest absolute Gasteiger partial charge is 0.277 e.